The van der Waals surface area contributed by atoms with Crippen molar-refractivity contribution in [3.8, 4) is 0 Å². The van der Waals surface area contributed by atoms with Crippen LogP contribution in [0.5, 0.6) is 0 Å². The van der Waals surface area contributed by atoms with Gasteiger partial charge in [-0.2, -0.15) is 13.2 Å². The lowest BCUT2D eigenvalue weighted by Gasteiger charge is -2.51. The number of fused-ring (bicyclic) bond motifs is 3. The smallest absolute Gasteiger partial charge is 0.326 e. The summed E-state index contributed by atoms with van der Waals surface area (Å²) in [4.78, 5) is 27.4. The maximum Gasteiger partial charge on any atom is 0.392 e. The molecule has 184 valence electrons. The van der Waals surface area contributed by atoms with Crippen molar-refractivity contribution >= 4 is 17.5 Å². The lowest BCUT2D eigenvalue weighted by atomic mass is 9.57. The van der Waals surface area contributed by atoms with Crippen LogP contribution in [0.2, 0.25) is 0 Å². The van der Waals surface area contributed by atoms with E-state index in [0.717, 1.165) is 16.8 Å². The molecule has 4 nitrogen and oxygen atoms in total. The van der Waals surface area contributed by atoms with E-state index in [-0.39, 0.29) is 17.7 Å². The van der Waals surface area contributed by atoms with Gasteiger partial charge in [0.2, 0.25) is 11.8 Å². The summed E-state index contributed by atoms with van der Waals surface area (Å²) in [6.07, 6.45) is 0.0525. The number of amides is 2. The number of hydrogen-bond acceptors (Lipinski definition) is 2. The fourth-order valence-electron chi connectivity index (χ4n) is 5.98. The first kappa shape index (κ1) is 24.6. The van der Waals surface area contributed by atoms with E-state index in [1.807, 2.05) is 52.0 Å². The van der Waals surface area contributed by atoms with E-state index in [2.05, 4.69) is 5.32 Å². The summed E-state index contributed by atoms with van der Waals surface area (Å²) >= 11 is 0. The van der Waals surface area contributed by atoms with Crippen LogP contribution in [0.3, 0.4) is 0 Å². The predicted molar refractivity (Wildman–Crippen MR) is 126 cm³/mol. The number of piperidine rings is 1. The van der Waals surface area contributed by atoms with Crippen LogP contribution in [0.25, 0.3) is 0 Å². The van der Waals surface area contributed by atoms with Crippen molar-refractivity contribution in [3.63, 3.8) is 0 Å². The molecule has 1 heterocycles. The Hall–Kier alpha value is -2.57. The lowest BCUT2D eigenvalue weighted by molar-refractivity contribution is -0.195. The number of benzene rings is 1. The molecule has 0 bridgehead atoms. The highest BCUT2D eigenvalue weighted by Gasteiger charge is 2.56. The molecular formula is C27H33F3N2O2. The normalized spacial score (nSPS) is 29.6. The zero-order valence-electron chi connectivity index (χ0n) is 20.4. The summed E-state index contributed by atoms with van der Waals surface area (Å²) in [7, 11) is 1.72. The molecule has 0 radical (unpaired) electrons. The Kier molecular flexibility index (Phi) is 5.98. The second kappa shape index (κ2) is 8.28. The third-order valence-electron chi connectivity index (χ3n) is 7.92. The summed E-state index contributed by atoms with van der Waals surface area (Å²) in [5.41, 5.74) is 2.53. The van der Waals surface area contributed by atoms with E-state index in [4.69, 9.17) is 0 Å². The number of hydrogen-bond donors (Lipinski definition) is 1. The predicted octanol–water partition coefficient (Wildman–Crippen LogP) is 6.21. The van der Waals surface area contributed by atoms with Gasteiger partial charge < -0.3 is 10.2 Å². The third kappa shape index (κ3) is 4.18. The molecule has 4 rings (SSSR count). The molecule has 34 heavy (non-hydrogen) atoms. The molecule has 1 N–H and O–H groups in total. The van der Waals surface area contributed by atoms with Crippen molar-refractivity contribution in [3.05, 3.63) is 53.3 Å². The van der Waals surface area contributed by atoms with Crippen LogP contribution in [-0.2, 0) is 15.0 Å². The van der Waals surface area contributed by atoms with Crippen molar-refractivity contribution in [1.82, 2.24) is 4.90 Å². The molecule has 0 aromatic heterocycles. The Bertz CT molecular complexity index is 1070. The van der Waals surface area contributed by atoms with Gasteiger partial charge in [-0.05, 0) is 48.3 Å². The first-order chi connectivity index (χ1) is 15.7. The van der Waals surface area contributed by atoms with Gasteiger partial charge in [0.25, 0.3) is 0 Å². The van der Waals surface area contributed by atoms with Crippen LogP contribution in [0.15, 0.2) is 47.7 Å². The minimum atomic E-state index is -4.48. The standard InChI is InChI=1S/C27H33F3N2O2/c1-25(2,3)16-7-6-8-17(15-16)31-24(34)23-18-9-12-21-26(4,14-13-22(33)32(21)5)19(18)10-11-20(23)27(28,29)30/h6-8,10,12,15,18,20,23H,9,11,13-14H2,1-5H3,(H,31,34)/t18?,20?,23?,26-/m1/s1. The minimum Gasteiger partial charge on any atom is -0.326 e. The van der Waals surface area contributed by atoms with Gasteiger partial charge in [0.1, 0.15) is 0 Å². The third-order valence-corrected chi connectivity index (χ3v) is 7.92. The molecule has 2 aliphatic carbocycles. The molecule has 1 aromatic rings. The molecule has 4 atom stereocenters. The number of allylic oxidation sites excluding steroid dienone is 3. The summed E-state index contributed by atoms with van der Waals surface area (Å²) in [5.74, 6) is -4.10. The van der Waals surface area contributed by atoms with Gasteiger partial charge in [0, 0.05) is 30.3 Å². The topological polar surface area (TPSA) is 49.4 Å². The number of nitrogens with zero attached hydrogens (tertiary/aromatic N) is 1. The molecule has 0 saturated carbocycles. The fraction of sp³-hybridized carbons (Fsp3) is 0.556. The largest absolute Gasteiger partial charge is 0.392 e. The van der Waals surface area contributed by atoms with Crippen LogP contribution in [0.4, 0.5) is 18.9 Å². The van der Waals surface area contributed by atoms with Crippen LogP contribution >= 0.6 is 0 Å². The second-order valence-electron chi connectivity index (χ2n) is 11.1. The molecule has 3 unspecified atom stereocenters. The fourth-order valence-corrected chi connectivity index (χ4v) is 5.98. The van der Waals surface area contributed by atoms with E-state index in [0.29, 0.717) is 24.9 Å². The van der Waals surface area contributed by atoms with Crippen LogP contribution < -0.4 is 5.32 Å². The number of alkyl halides is 3. The molecule has 1 saturated heterocycles. The van der Waals surface area contributed by atoms with Gasteiger partial charge in [-0.3, -0.25) is 9.59 Å². The highest BCUT2D eigenvalue weighted by atomic mass is 19.4. The number of nitrogens with one attached hydrogen (secondary N) is 1. The first-order valence-corrected chi connectivity index (χ1v) is 11.9. The van der Waals surface area contributed by atoms with Crippen LogP contribution in [-0.4, -0.2) is 29.9 Å². The van der Waals surface area contributed by atoms with Gasteiger partial charge in [-0.25, -0.2) is 0 Å². The zero-order valence-corrected chi connectivity index (χ0v) is 20.4. The summed E-state index contributed by atoms with van der Waals surface area (Å²) < 4.78 is 42.4. The van der Waals surface area contributed by atoms with Gasteiger partial charge in [0.15, 0.2) is 0 Å². The second-order valence-corrected chi connectivity index (χ2v) is 11.1. The first-order valence-electron chi connectivity index (χ1n) is 11.9. The van der Waals surface area contributed by atoms with Crippen molar-refractivity contribution in [1.29, 1.82) is 0 Å². The molecule has 1 aliphatic heterocycles. The molecule has 1 fully saturated rings. The van der Waals surface area contributed by atoms with Crippen molar-refractivity contribution in [2.24, 2.45) is 23.2 Å². The quantitative estimate of drug-likeness (QED) is 0.518. The van der Waals surface area contributed by atoms with Gasteiger partial charge in [0.05, 0.1) is 11.8 Å². The number of likely N-dealkylation sites (tertiary alicyclic amines) is 1. The van der Waals surface area contributed by atoms with Crippen molar-refractivity contribution in [2.45, 2.75) is 65.0 Å². The number of carbonyl (C=O) groups is 2. The highest BCUT2D eigenvalue weighted by molar-refractivity contribution is 5.93. The zero-order chi connectivity index (χ0) is 25.1. The molecule has 3 aliphatic rings. The van der Waals surface area contributed by atoms with Crippen molar-refractivity contribution < 1.29 is 22.8 Å². The van der Waals surface area contributed by atoms with E-state index < -0.39 is 35.3 Å². The number of rotatable bonds is 2. The maximum atomic E-state index is 14.1. The minimum absolute atomic E-state index is 0.0137. The summed E-state index contributed by atoms with van der Waals surface area (Å²) in [6, 6.07) is 7.32. The monoisotopic (exact) mass is 474 g/mol. The van der Waals surface area contributed by atoms with E-state index >= 15 is 0 Å². The average Bonchev–Trinajstić information content (AvgIpc) is 2.74. The highest BCUT2D eigenvalue weighted by Crippen LogP contribution is 2.57. The molecule has 7 heteroatoms. The van der Waals surface area contributed by atoms with Crippen LogP contribution in [0.1, 0.15) is 58.9 Å². The van der Waals surface area contributed by atoms with E-state index in [1.54, 1.807) is 24.1 Å². The van der Waals surface area contributed by atoms with Gasteiger partial charge in [-0.1, -0.05) is 57.6 Å². The van der Waals surface area contributed by atoms with Crippen LogP contribution in [0, 0.1) is 23.2 Å². The van der Waals surface area contributed by atoms with E-state index in [1.165, 1.54) is 0 Å². The average molecular weight is 475 g/mol. The number of carbonyl (C=O) groups excluding carboxylic acids is 2. The summed E-state index contributed by atoms with van der Waals surface area (Å²) in [6.45, 7) is 8.13. The Morgan fingerprint density at radius 2 is 1.85 bits per heavy atom. The molecule has 2 amide bonds. The maximum absolute atomic E-state index is 14.1. The Morgan fingerprint density at radius 3 is 2.50 bits per heavy atom. The Balaban J connectivity index is 1.70. The van der Waals surface area contributed by atoms with Gasteiger partial charge >= 0.3 is 6.18 Å². The number of halogens is 3. The molecular weight excluding hydrogens is 441 g/mol. The summed E-state index contributed by atoms with van der Waals surface area (Å²) in [5, 5.41) is 2.81. The Morgan fingerprint density at radius 1 is 1.15 bits per heavy atom. The number of anilines is 1. The van der Waals surface area contributed by atoms with E-state index in [9.17, 15) is 22.8 Å². The molecule has 0 spiro atoms. The molecule has 1 aromatic carbocycles. The Labute approximate surface area is 199 Å². The van der Waals surface area contributed by atoms with Crippen molar-refractivity contribution in [2.75, 3.05) is 12.4 Å². The SMILES string of the molecule is CN1C(=O)CC[C@]2(C)C3=CCC(C(F)(F)F)C(C(=O)Nc4cccc(C(C)(C)C)c4)C3CC=C12. The lowest BCUT2D eigenvalue weighted by Crippen LogP contribution is -2.51. The van der Waals surface area contributed by atoms with Gasteiger partial charge in [-0.15, -0.1) is 0 Å².